The molecule has 0 aliphatic heterocycles. The second-order valence-electron chi connectivity index (χ2n) is 6.87. The average Bonchev–Trinajstić information content (AvgIpc) is 3.02. The monoisotopic (exact) mass is 398 g/mol. The van der Waals surface area contributed by atoms with Gasteiger partial charge in [0.15, 0.2) is 0 Å². The fourth-order valence-corrected chi connectivity index (χ4v) is 4.47. The molecular formula is C20H22N4O3S. The van der Waals surface area contributed by atoms with Gasteiger partial charge >= 0.3 is 0 Å². The summed E-state index contributed by atoms with van der Waals surface area (Å²) < 4.78 is 35.5. The van der Waals surface area contributed by atoms with Gasteiger partial charge in [-0.1, -0.05) is 24.6 Å². The van der Waals surface area contributed by atoms with Crippen LogP contribution in [0.2, 0.25) is 0 Å². The number of sulfonamides is 1. The molecule has 0 spiro atoms. The van der Waals surface area contributed by atoms with Gasteiger partial charge in [0.25, 0.3) is 10.0 Å². The van der Waals surface area contributed by atoms with Crippen LogP contribution in [0.25, 0.3) is 5.69 Å². The smallest absolute Gasteiger partial charge is 0.264 e. The van der Waals surface area contributed by atoms with Gasteiger partial charge in [-0.05, 0) is 38.0 Å². The van der Waals surface area contributed by atoms with Crippen molar-refractivity contribution < 1.29 is 13.2 Å². The molecule has 3 aromatic rings. The molecule has 1 aliphatic rings. The minimum Gasteiger partial charge on any atom is -0.481 e. The summed E-state index contributed by atoms with van der Waals surface area (Å²) in [5.41, 5.74) is 2.09. The standard InChI is InChI=1S/C20H22N4O3S/c1-14-18(11-12-20(21-14)27-2)28(25,26)23-19-13-17(15-7-6-8-15)22-24(19)16-9-4-3-5-10-16/h3-5,9-13,15,23H,6-8H2,1-2H3. The molecule has 4 rings (SSSR count). The molecular weight excluding hydrogens is 376 g/mol. The van der Waals surface area contributed by atoms with Crippen LogP contribution in [0.3, 0.4) is 0 Å². The number of hydrogen-bond donors (Lipinski definition) is 1. The number of anilines is 1. The summed E-state index contributed by atoms with van der Waals surface area (Å²) in [6.07, 6.45) is 3.35. The highest BCUT2D eigenvalue weighted by Gasteiger charge is 2.26. The van der Waals surface area contributed by atoms with Gasteiger partial charge in [0, 0.05) is 18.1 Å². The highest BCUT2D eigenvalue weighted by molar-refractivity contribution is 7.92. The van der Waals surface area contributed by atoms with E-state index >= 15 is 0 Å². The number of hydrogen-bond acceptors (Lipinski definition) is 5. The van der Waals surface area contributed by atoms with Crippen LogP contribution >= 0.6 is 0 Å². The van der Waals surface area contributed by atoms with E-state index in [1.165, 1.54) is 25.7 Å². The van der Waals surface area contributed by atoms with E-state index in [0.29, 0.717) is 23.3 Å². The second kappa shape index (κ2) is 7.27. The van der Waals surface area contributed by atoms with Crippen LogP contribution in [0, 0.1) is 6.92 Å². The summed E-state index contributed by atoms with van der Waals surface area (Å²) in [5, 5.41) is 4.68. The Hall–Kier alpha value is -2.87. The molecule has 0 saturated heterocycles. The number of rotatable bonds is 6. The predicted octanol–water partition coefficient (Wildman–Crippen LogP) is 3.65. The number of para-hydroxylation sites is 1. The molecule has 7 nitrogen and oxygen atoms in total. The molecule has 2 aromatic heterocycles. The van der Waals surface area contributed by atoms with Crippen LogP contribution in [-0.2, 0) is 10.0 Å². The molecule has 0 atom stereocenters. The molecule has 1 fully saturated rings. The highest BCUT2D eigenvalue weighted by Crippen LogP contribution is 2.37. The average molecular weight is 398 g/mol. The summed E-state index contributed by atoms with van der Waals surface area (Å²) in [5.74, 6) is 1.18. The lowest BCUT2D eigenvalue weighted by Crippen LogP contribution is -2.17. The van der Waals surface area contributed by atoms with Crippen molar-refractivity contribution >= 4 is 15.8 Å². The number of methoxy groups -OCH3 is 1. The maximum absolute atomic E-state index is 13.0. The van der Waals surface area contributed by atoms with Crippen LogP contribution in [-0.4, -0.2) is 30.3 Å². The zero-order valence-electron chi connectivity index (χ0n) is 15.8. The molecule has 8 heteroatoms. The molecule has 0 unspecified atom stereocenters. The van der Waals surface area contributed by atoms with Crippen LogP contribution in [0.4, 0.5) is 5.82 Å². The Morgan fingerprint density at radius 3 is 2.50 bits per heavy atom. The van der Waals surface area contributed by atoms with Crippen LogP contribution in [0.1, 0.15) is 36.6 Å². The van der Waals surface area contributed by atoms with Crippen LogP contribution in [0.5, 0.6) is 5.88 Å². The molecule has 146 valence electrons. The van der Waals surface area contributed by atoms with E-state index in [1.807, 2.05) is 36.4 Å². The Balaban J connectivity index is 1.73. The van der Waals surface area contributed by atoms with Crippen molar-refractivity contribution in [3.8, 4) is 11.6 Å². The first-order valence-electron chi connectivity index (χ1n) is 9.18. The summed E-state index contributed by atoms with van der Waals surface area (Å²) in [7, 11) is -2.33. The lowest BCUT2D eigenvalue weighted by atomic mass is 9.83. The van der Waals surface area contributed by atoms with E-state index in [-0.39, 0.29) is 4.90 Å². The molecule has 0 bridgehead atoms. The summed E-state index contributed by atoms with van der Waals surface area (Å²) in [6, 6.07) is 14.4. The molecule has 1 N–H and O–H groups in total. The van der Waals surface area contributed by atoms with Crippen molar-refractivity contribution in [3.63, 3.8) is 0 Å². The Morgan fingerprint density at radius 1 is 1.14 bits per heavy atom. The maximum Gasteiger partial charge on any atom is 0.264 e. The number of aryl methyl sites for hydroxylation is 1. The van der Waals surface area contributed by atoms with Crippen molar-refractivity contribution in [3.05, 3.63) is 59.9 Å². The number of aromatic nitrogens is 3. The molecule has 0 amide bonds. The molecule has 28 heavy (non-hydrogen) atoms. The van der Waals surface area contributed by atoms with Crippen LogP contribution < -0.4 is 9.46 Å². The van der Waals surface area contributed by atoms with Crippen molar-refractivity contribution in [2.75, 3.05) is 11.8 Å². The largest absolute Gasteiger partial charge is 0.481 e. The third-order valence-corrected chi connectivity index (χ3v) is 6.49. The summed E-state index contributed by atoms with van der Waals surface area (Å²) in [4.78, 5) is 4.28. The van der Waals surface area contributed by atoms with Gasteiger partial charge in [-0.3, -0.25) is 4.72 Å². The number of ether oxygens (including phenoxy) is 1. The number of pyridine rings is 1. The molecule has 0 radical (unpaired) electrons. The Labute approximate surface area is 164 Å². The number of nitrogens with zero attached hydrogens (tertiary/aromatic N) is 3. The topological polar surface area (TPSA) is 86.1 Å². The first kappa shape index (κ1) is 18.5. The molecule has 2 heterocycles. The first-order chi connectivity index (χ1) is 13.5. The van der Waals surface area contributed by atoms with Crippen molar-refractivity contribution in [2.45, 2.75) is 37.0 Å². The number of benzene rings is 1. The van der Waals surface area contributed by atoms with Crippen molar-refractivity contribution in [2.24, 2.45) is 0 Å². The second-order valence-corrected chi connectivity index (χ2v) is 8.52. The third kappa shape index (κ3) is 3.47. The van der Waals surface area contributed by atoms with E-state index in [2.05, 4.69) is 14.8 Å². The van der Waals surface area contributed by atoms with Gasteiger partial charge < -0.3 is 4.74 Å². The summed E-state index contributed by atoms with van der Waals surface area (Å²) >= 11 is 0. The maximum atomic E-state index is 13.0. The van der Waals surface area contributed by atoms with Gasteiger partial charge in [-0.15, -0.1) is 0 Å². The van der Waals surface area contributed by atoms with E-state index in [0.717, 1.165) is 24.2 Å². The number of nitrogens with one attached hydrogen (secondary N) is 1. The third-order valence-electron chi connectivity index (χ3n) is 5.00. The Kier molecular flexibility index (Phi) is 4.80. The minimum atomic E-state index is -3.83. The SMILES string of the molecule is COc1ccc(S(=O)(=O)Nc2cc(C3CCC3)nn2-c2ccccc2)c(C)n1. The lowest BCUT2D eigenvalue weighted by molar-refractivity contribution is 0.396. The Bertz CT molecular complexity index is 1090. The fourth-order valence-electron chi connectivity index (χ4n) is 3.26. The van der Waals surface area contributed by atoms with Crippen LogP contribution in [0.15, 0.2) is 53.4 Å². The first-order valence-corrected chi connectivity index (χ1v) is 10.7. The zero-order valence-corrected chi connectivity index (χ0v) is 16.6. The minimum absolute atomic E-state index is 0.110. The molecule has 1 aromatic carbocycles. The van der Waals surface area contributed by atoms with Gasteiger partial charge in [0.1, 0.15) is 10.7 Å². The lowest BCUT2D eigenvalue weighted by Gasteiger charge is -2.22. The van der Waals surface area contributed by atoms with E-state index < -0.39 is 10.0 Å². The molecule has 1 saturated carbocycles. The Morgan fingerprint density at radius 2 is 1.89 bits per heavy atom. The van der Waals surface area contributed by atoms with Gasteiger partial charge in [0.05, 0.1) is 24.2 Å². The zero-order chi connectivity index (χ0) is 19.7. The quantitative estimate of drug-likeness (QED) is 0.685. The van der Waals surface area contributed by atoms with E-state index in [9.17, 15) is 8.42 Å². The van der Waals surface area contributed by atoms with Crippen molar-refractivity contribution in [1.82, 2.24) is 14.8 Å². The predicted molar refractivity (Wildman–Crippen MR) is 106 cm³/mol. The van der Waals surface area contributed by atoms with E-state index in [1.54, 1.807) is 11.6 Å². The van der Waals surface area contributed by atoms with E-state index in [4.69, 9.17) is 4.74 Å². The van der Waals surface area contributed by atoms with Gasteiger partial charge in [-0.25, -0.2) is 18.1 Å². The highest BCUT2D eigenvalue weighted by atomic mass is 32.2. The molecule has 1 aliphatic carbocycles. The van der Waals surface area contributed by atoms with Gasteiger partial charge in [0.2, 0.25) is 5.88 Å². The van der Waals surface area contributed by atoms with Gasteiger partial charge in [-0.2, -0.15) is 5.10 Å². The van der Waals surface area contributed by atoms with Crippen molar-refractivity contribution in [1.29, 1.82) is 0 Å². The normalized spacial score (nSPS) is 14.5. The fraction of sp³-hybridized carbons (Fsp3) is 0.300. The summed E-state index contributed by atoms with van der Waals surface area (Å²) in [6.45, 7) is 1.64.